The van der Waals surface area contributed by atoms with Crippen molar-refractivity contribution in [1.29, 1.82) is 0 Å². The molecule has 1 aliphatic rings. The van der Waals surface area contributed by atoms with Crippen LogP contribution in [0.5, 0.6) is 0 Å². The Hall–Kier alpha value is -0.770. The number of carbonyl (C=O) groups excluding carboxylic acids is 1. The number of hydrogen-bond donors (Lipinski definition) is 1. The average Bonchev–Trinajstić information content (AvgIpc) is 2.07. The third kappa shape index (κ3) is 1.63. The van der Waals surface area contributed by atoms with Crippen LogP contribution in [0.4, 0.5) is 4.79 Å². The maximum absolute atomic E-state index is 10.5. The summed E-state index contributed by atoms with van der Waals surface area (Å²) in [6.45, 7) is 2.45. The molecule has 11 heavy (non-hydrogen) atoms. The molecule has 4 heteroatoms. The minimum absolute atomic E-state index is 0.00319. The third-order valence-corrected chi connectivity index (χ3v) is 2.08. The van der Waals surface area contributed by atoms with Gasteiger partial charge in [0.15, 0.2) is 0 Å². The fourth-order valence-electron chi connectivity index (χ4n) is 0.915. The third-order valence-electron chi connectivity index (χ3n) is 2.08. The van der Waals surface area contributed by atoms with Crippen molar-refractivity contribution in [3.63, 3.8) is 0 Å². The Balaban J connectivity index is 2.52. The molecule has 1 fully saturated rings. The smallest absolute Gasteiger partial charge is 0.433 e. The van der Waals surface area contributed by atoms with Crippen molar-refractivity contribution < 1.29 is 19.4 Å². The molecule has 0 radical (unpaired) electrons. The van der Waals surface area contributed by atoms with E-state index in [1.807, 2.05) is 6.92 Å². The molecule has 1 rings (SSSR count). The van der Waals surface area contributed by atoms with Gasteiger partial charge in [-0.15, -0.1) is 0 Å². The quantitative estimate of drug-likeness (QED) is 0.599. The molecule has 0 bridgehead atoms. The maximum Gasteiger partial charge on any atom is 0.508 e. The second-order valence-corrected chi connectivity index (χ2v) is 2.84. The van der Waals surface area contributed by atoms with Crippen molar-refractivity contribution in [2.75, 3.05) is 19.8 Å². The summed E-state index contributed by atoms with van der Waals surface area (Å²) in [5.74, 6) is 0. The van der Waals surface area contributed by atoms with Crippen LogP contribution in [-0.2, 0) is 9.47 Å². The minimum atomic E-state index is -0.637. The number of rotatable bonds is 2. The zero-order chi connectivity index (χ0) is 8.32. The zero-order valence-electron chi connectivity index (χ0n) is 6.50. The van der Waals surface area contributed by atoms with Crippen LogP contribution >= 0.6 is 0 Å². The summed E-state index contributed by atoms with van der Waals surface area (Å²) >= 11 is 0. The average molecular weight is 160 g/mol. The highest BCUT2D eigenvalue weighted by Gasteiger charge is 2.35. The van der Waals surface area contributed by atoms with Crippen molar-refractivity contribution in [2.24, 2.45) is 5.41 Å². The van der Waals surface area contributed by atoms with Gasteiger partial charge < -0.3 is 14.6 Å². The summed E-state index contributed by atoms with van der Waals surface area (Å²) in [7, 11) is 0. The van der Waals surface area contributed by atoms with E-state index in [1.165, 1.54) is 0 Å². The monoisotopic (exact) mass is 160 g/mol. The maximum atomic E-state index is 10.5. The Kier molecular flexibility index (Phi) is 2.34. The first-order valence-corrected chi connectivity index (χ1v) is 3.63. The van der Waals surface area contributed by atoms with Crippen LogP contribution < -0.4 is 0 Å². The molecular weight excluding hydrogens is 148 g/mol. The lowest BCUT2D eigenvalue weighted by molar-refractivity contribution is -0.0816. The SMILES string of the molecule is CCC1(CO)COC(=O)OC1. The molecule has 1 N–H and O–H groups in total. The van der Waals surface area contributed by atoms with E-state index < -0.39 is 6.16 Å². The van der Waals surface area contributed by atoms with Crippen LogP contribution in [0.3, 0.4) is 0 Å². The molecule has 0 atom stereocenters. The highest BCUT2D eigenvalue weighted by Crippen LogP contribution is 2.25. The van der Waals surface area contributed by atoms with Crippen molar-refractivity contribution in [2.45, 2.75) is 13.3 Å². The van der Waals surface area contributed by atoms with E-state index in [9.17, 15) is 4.79 Å². The number of aliphatic hydroxyl groups excluding tert-OH is 1. The normalized spacial score (nSPS) is 22.2. The highest BCUT2D eigenvalue weighted by molar-refractivity contribution is 5.60. The van der Waals surface area contributed by atoms with E-state index >= 15 is 0 Å². The first kappa shape index (κ1) is 8.33. The summed E-state index contributed by atoms with van der Waals surface area (Å²) in [6, 6.07) is 0. The number of hydrogen-bond acceptors (Lipinski definition) is 4. The van der Waals surface area contributed by atoms with Crippen LogP contribution in [0.2, 0.25) is 0 Å². The van der Waals surface area contributed by atoms with Gasteiger partial charge in [0.25, 0.3) is 0 Å². The molecule has 1 aliphatic heterocycles. The molecule has 0 amide bonds. The first-order chi connectivity index (χ1) is 5.22. The van der Waals surface area contributed by atoms with Gasteiger partial charge in [0.1, 0.15) is 13.2 Å². The first-order valence-electron chi connectivity index (χ1n) is 3.63. The lowest BCUT2D eigenvalue weighted by Crippen LogP contribution is -2.41. The van der Waals surface area contributed by atoms with Crippen molar-refractivity contribution >= 4 is 6.16 Å². The number of carbonyl (C=O) groups is 1. The van der Waals surface area contributed by atoms with Gasteiger partial charge in [-0.1, -0.05) is 6.92 Å². The lowest BCUT2D eigenvalue weighted by atomic mass is 9.88. The zero-order valence-corrected chi connectivity index (χ0v) is 6.50. The fourth-order valence-corrected chi connectivity index (χ4v) is 0.915. The molecule has 0 aromatic rings. The van der Waals surface area contributed by atoms with Crippen LogP contribution in [0, 0.1) is 5.41 Å². The Bertz CT molecular complexity index is 139. The largest absolute Gasteiger partial charge is 0.508 e. The molecule has 0 aromatic carbocycles. The van der Waals surface area contributed by atoms with Gasteiger partial charge in [0.2, 0.25) is 0 Å². The Labute approximate surface area is 65.1 Å². The fraction of sp³-hybridized carbons (Fsp3) is 0.857. The lowest BCUT2D eigenvalue weighted by Gasteiger charge is -2.32. The molecule has 1 saturated heterocycles. The summed E-state index contributed by atoms with van der Waals surface area (Å²) in [6.07, 6.45) is 0.110. The van der Waals surface area contributed by atoms with Crippen molar-refractivity contribution in [3.05, 3.63) is 0 Å². The van der Waals surface area contributed by atoms with E-state index in [1.54, 1.807) is 0 Å². The summed E-state index contributed by atoms with van der Waals surface area (Å²) < 4.78 is 9.31. The van der Waals surface area contributed by atoms with Crippen LogP contribution in [0.1, 0.15) is 13.3 Å². The number of aliphatic hydroxyl groups is 1. The number of ether oxygens (including phenoxy) is 2. The molecule has 0 aliphatic carbocycles. The second-order valence-electron chi connectivity index (χ2n) is 2.84. The minimum Gasteiger partial charge on any atom is -0.433 e. The Morgan fingerprint density at radius 3 is 2.45 bits per heavy atom. The van der Waals surface area contributed by atoms with Crippen LogP contribution in [0.15, 0.2) is 0 Å². The standard InChI is InChI=1S/C7H12O4/c1-2-7(3-8)4-10-6(9)11-5-7/h8H,2-5H2,1H3. The van der Waals surface area contributed by atoms with Gasteiger partial charge in [-0.2, -0.15) is 0 Å². The molecule has 4 nitrogen and oxygen atoms in total. The predicted octanol–water partition coefficient (Wildman–Crippen LogP) is 0.542. The summed E-state index contributed by atoms with van der Waals surface area (Å²) in [4.78, 5) is 10.5. The van der Waals surface area contributed by atoms with E-state index in [0.717, 1.165) is 6.42 Å². The Morgan fingerprint density at radius 2 is 2.09 bits per heavy atom. The van der Waals surface area contributed by atoms with Crippen molar-refractivity contribution in [3.8, 4) is 0 Å². The van der Waals surface area contributed by atoms with Gasteiger partial charge in [0, 0.05) is 0 Å². The second kappa shape index (κ2) is 3.09. The molecule has 0 unspecified atom stereocenters. The van der Waals surface area contributed by atoms with E-state index in [2.05, 4.69) is 9.47 Å². The van der Waals surface area contributed by atoms with Crippen LogP contribution in [0.25, 0.3) is 0 Å². The van der Waals surface area contributed by atoms with E-state index in [4.69, 9.17) is 5.11 Å². The molecule has 0 aromatic heterocycles. The molecule has 0 spiro atoms. The van der Waals surface area contributed by atoms with Gasteiger partial charge in [-0.3, -0.25) is 0 Å². The Morgan fingerprint density at radius 1 is 1.55 bits per heavy atom. The van der Waals surface area contributed by atoms with Gasteiger partial charge in [-0.05, 0) is 6.42 Å². The summed E-state index contributed by atoms with van der Waals surface area (Å²) in [5.41, 5.74) is -0.367. The van der Waals surface area contributed by atoms with E-state index in [0.29, 0.717) is 0 Å². The van der Waals surface area contributed by atoms with Gasteiger partial charge in [-0.25, -0.2) is 4.79 Å². The van der Waals surface area contributed by atoms with Crippen LogP contribution in [-0.4, -0.2) is 31.1 Å². The highest BCUT2D eigenvalue weighted by atomic mass is 16.7. The summed E-state index contributed by atoms with van der Waals surface area (Å²) in [5, 5.41) is 8.96. The van der Waals surface area contributed by atoms with E-state index in [-0.39, 0.29) is 25.2 Å². The predicted molar refractivity (Wildman–Crippen MR) is 37.1 cm³/mol. The molecule has 1 heterocycles. The topological polar surface area (TPSA) is 55.8 Å². The number of cyclic esters (lactones) is 2. The molecule has 64 valence electrons. The molecule has 0 saturated carbocycles. The van der Waals surface area contributed by atoms with Crippen molar-refractivity contribution in [1.82, 2.24) is 0 Å². The molecular formula is C7H12O4. The van der Waals surface area contributed by atoms with Gasteiger partial charge in [0.05, 0.1) is 12.0 Å². The van der Waals surface area contributed by atoms with Gasteiger partial charge >= 0.3 is 6.16 Å².